The van der Waals surface area contributed by atoms with Crippen LogP contribution in [0.5, 0.6) is 11.5 Å². The van der Waals surface area contributed by atoms with E-state index in [1.54, 1.807) is 60.7 Å². The van der Waals surface area contributed by atoms with Crippen LogP contribution in [-0.4, -0.2) is 24.4 Å². The summed E-state index contributed by atoms with van der Waals surface area (Å²) in [5.41, 5.74) is 1.01. The van der Waals surface area contributed by atoms with Crippen LogP contribution in [0, 0.1) is 0 Å². The van der Waals surface area contributed by atoms with Gasteiger partial charge in [0.1, 0.15) is 11.5 Å². The standard InChI is InChI=1S/C22H13Br2NO5/c23-13-8-9-19(18(24)10-13)29-12-20(26)30-15-5-3-4-14(11-15)25-21(27)16-6-1-2-7-17(16)22(25)28/h1-11H,12H2. The van der Waals surface area contributed by atoms with E-state index >= 15 is 0 Å². The average Bonchev–Trinajstić information content (AvgIpc) is 2.98. The highest BCUT2D eigenvalue weighted by atomic mass is 79.9. The van der Waals surface area contributed by atoms with Crippen molar-refractivity contribution in [2.24, 2.45) is 0 Å². The predicted molar refractivity (Wildman–Crippen MR) is 117 cm³/mol. The molecule has 1 aliphatic heterocycles. The first-order chi connectivity index (χ1) is 14.4. The van der Waals surface area contributed by atoms with Crippen molar-refractivity contribution in [2.45, 2.75) is 0 Å². The van der Waals surface area contributed by atoms with E-state index in [0.29, 0.717) is 27.0 Å². The lowest BCUT2D eigenvalue weighted by molar-refractivity contribution is -0.136. The van der Waals surface area contributed by atoms with E-state index in [4.69, 9.17) is 9.47 Å². The third kappa shape index (κ3) is 4.01. The van der Waals surface area contributed by atoms with Crippen molar-refractivity contribution in [3.63, 3.8) is 0 Å². The largest absolute Gasteiger partial charge is 0.481 e. The minimum Gasteiger partial charge on any atom is -0.481 e. The van der Waals surface area contributed by atoms with Crippen LogP contribution < -0.4 is 14.4 Å². The third-order valence-electron chi connectivity index (χ3n) is 4.34. The monoisotopic (exact) mass is 529 g/mol. The Morgan fingerprint density at radius 3 is 2.23 bits per heavy atom. The average molecular weight is 531 g/mol. The molecule has 0 bridgehead atoms. The van der Waals surface area contributed by atoms with Crippen LogP contribution >= 0.6 is 31.9 Å². The second-order valence-corrected chi connectivity index (χ2v) is 8.10. The Hall–Kier alpha value is -2.97. The van der Waals surface area contributed by atoms with Gasteiger partial charge in [0, 0.05) is 10.5 Å². The quantitative estimate of drug-likeness (QED) is 0.264. The molecule has 0 saturated heterocycles. The number of amides is 2. The molecule has 0 saturated carbocycles. The SMILES string of the molecule is O=C(COc1ccc(Br)cc1Br)Oc1cccc(N2C(=O)c3ccccc3C2=O)c1. The molecule has 3 aromatic carbocycles. The highest BCUT2D eigenvalue weighted by Crippen LogP contribution is 2.31. The van der Waals surface area contributed by atoms with E-state index in [1.165, 1.54) is 6.07 Å². The molecule has 0 fully saturated rings. The topological polar surface area (TPSA) is 72.9 Å². The van der Waals surface area contributed by atoms with Crippen molar-refractivity contribution >= 4 is 55.3 Å². The number of fused-ring (bicyclic) bond motifs is 1. The van der Waals surface area contributed by atoms with E-state index in [1.807, 2.05) is 0 Å². The Bertz CT molecular complexity index is 1140. The zero-order chi connectivity index (χ0) is 21.3. The molecule has 150 valence electrons. The first kappa shape index (κ1) is 20.3. The lowest BCUT2D eigenvalue weighted by Gasteiger charge is -2.15. The van der Waals surface area contributed by atoms with Crippen LogP contribution in [0.4, 0.5) is 5.69 Å². The summed E-state index contributed by atoms with van der Waals surface area (Å²) in [6.45, 7) is -0.308. The zero-order valence-electron chi connectivity index (χ0n) is 15.3. The molecule has 8 heteroatoms. The lowest BCUT2D eigenvalue weighted by atomic mass is 10.1. The fraction of sp³-hybridized carbons (Fsp3) is 0.0455. The minimum absolute atomic E-state index is 0.201. The Kier molecular flexibility index (Phi) is 5.69. The van der Waals surface area contributed by atoms with E-state index in [-0.39, 0.29) is 12.4 Å². The fourth-order valence-electron chi connectivity index (χ4n) is 3.00. The summed E-state index contributed by atoms with van der Waals surface area (Å²) in [6, 6.07) is 18.2. The van der Waals surface area contributed by atoms with Crippen molar-refractivity contribution in [1.29, 1.82) is 0 Å². The van der Waals surface area contributed by atoms with E-state index in [9.17, 15) is 14.4 Å². The second-order valence-electron chi connectivity index (χ2n) is 6.33. The number of nitrogens with zero attached hydrogens (tertiary/aromatic N) is 1. The van der Waals surface area contributed by atoms with Crippen LogP contribution in [0.3, 0.4) is 0 Å². The highest BCUT2D eigenvalue weighted by Gasteiger charge is 2.36. The summed E-state index contributed by atoms with van der Waals surface area (Å²) in [7, 11) is 0. The fourth-order valence-corrected chi connectivity index (χ4v) is 4.16. The van der Waals surface area contributed by atoms with Gasteiger partial charge in [-0.25, -0.2) is 9.69 Å². The summed E-state index contributed by atoms with van der Waals surface area (Å²) in [5.74, 6) is -0.753. The van der Waals surface area contributed by atoms with E-state index < -0.39 is 17.8 Å². The zero-order valence-corrected chi connectivity index (χ0v) is 18.5. The van der Waals surface area contributed by atoms with Gasteiger partial charge in [0.2, 0.25) is 0 Å². The molecular formula is C22H13Br2NO5. The number of ether oxygens (including phenoxy) is 2. The van der Waals surface area contributed by atoms with Gasteiger partial charge in [0.25, 0.3) is 11.8 Å². The molecule has 1 heterocycles. The summed E-state index contributed by atoms with van der Waals surface area (Å²) >= 11 is 6.70. The van der Waals surface area contributed by atoms with Gasteiger partial charge in [-0.15, -0.1) is 0 Å². The number of hydrogen-bond donors (Lipinski definition) is 0. The molecule has 0 radical (unpaired) electrons. The molecular weight excluding hydrogens is 518 g/mol. The summed E-state index contributed by atoms with van der Waals surface area (Å²) in [4.78, 5) is 38.5. The molecule has 3 aromatic rings. The normalized spacial score (nSPS) is 12.7. The Morgan fingerprint density at radius 1 is 0.867 bits per heavy atom. The van der Waals surface area contributed by atoms with Crippen LogP contribution in [-0.2, 0) is 4.79 Å². The number of hydrogen-bond acceptors (Lipinski definition) is 5. The number of halogens is 2. The highest BCUT2D eigenvalue weighted by molar-refractivity contribution is 9.11. The first-order valence-electron chi connectivity index (χ1n) is 8.80. The number of esters is 1. The Balaban J connectivity index is 1.46. The lowest BCUT2D eigenvalue weighted by Crippen LogP contribution is -2.29. The number of benzene rings is 3. The maximum Gasteiger partial charge on any atom is 0.349 e. The summed E-state index contributed by atoms with van der Waals surface area (Å²) in [5, 5.41) is 0. The molecule has 0 unspecified atom stereocenters. The molecule has 0 aromatic heterocycles. The van der Waals surface area contributed by atoms with Gasteiger partial charge in [-0.2, -0.15) is 0 Å². The van der Waals surface area contributed by atoms with Gasteiger partial charge in [0.05, 0.1) is 21.3 Å². The molecule has 1 aliphatic rings. The molecule has 0 aliphatic carbocycles. The Labute approximate surface area is 188 Å². The Morgan fingerprint density at radius 2 is 1.57 bits per heavy atom. The van der Waals surface area contributed by atoms with Crippen molar-refractivity contribution < 1.29 is 23.9 Å². The predicted octanol–water partition coefficient (Wildman–Crippen LogP) is 5.00. The molecule has 2 amide bonds. The van der Waals surface area contributed by atoms with Crippen LogP contribution in [0.1, 0.15) is 20.7 Å². The van der Waals surface area contributed by atoms with Crippen molar-refractivity contribution in [3.8, 4) is 11.5 Å². The van der Waals surface area contributed by atoms with Gasteiger partial charge >= 0.3 is 5.97 Å². The number of imide groups is 1. The summed E-state index contributed by atoms with van der Waals surface area (Å²) < 4.78 is 12.3. The second kappa shape index (κ2) is 8.41. The first-order valence-corrected chi connectivity index (χ1v) is 10.4. The van der Waals surface area contributed by atoms with Crippen LogP contribution in [0.2, 0.25) is 0 Å². The molecule has 6 nitrogen and oxygen atoms in total. The molecule has 0 atom stereocenters. The van der Waals surface area contributed by atoms with E-state index in [2.05, 4.69) is 31.9 Å². The minimum atomic E-state index is -0.621. The number of carbonyl (C=O) groups is 3. The van der Waals surface area contributed by atoms with Crippen LogP contribution in [0.25, 0.3) is 0 Å². The number of anilines is 1. The molecule has 30 heavy (non-hydrogen) atoms. The van der Waals surface area contributed by atoms with Crippen molar-refractivity contribution in [1.82, 2.24) is 0 Å². The van der Waals surface area contributed by atoms with Gasteiger partial charge < -0.3 is 9.47 Å². The van der Waals surface area contributed by atoms with Crippen LogP contribution in [0.15, 0.2) is 75.7 Å². The summed E-state index contributed by atoms with van der Waals surface area (Å²) in [6.07, 6.45) is 0. The van der Waals surface area contributed by atoms with Crippen molar-refractivity contribution in [3.05, 3.63) is 86.8 Å². The smallest absolute Gasteiger partial charge is 0.349 e. The number of carbonyl (C=O) groups excluding carboxylic acids is 3. The molecule has 0 spiro atoms. The molecule has 4 rings (SSSR count). The number of rotatable bonds is 5. The van der Waals surface area contributed by atoms with Gasteiger partial charge in [-0.05, 0) is 58.4 Å². The van der Waals surface area contributed by atoms with Crippen molar-refractivity contribution in [2.75, 3.05) is 11.5 Å². The molecule has 0 N–H and O–H groups in total. The van der Waals surface area contributed by atoms with E-state index in [0.717, 1.165) is 9.37 Å². The third-order valence-corrected chi connectivity index (χ3v) is 5.45. The van der Waals surface area contributed by atoms with Gasteiger partial charge in [-0.1, -0.05) is 34.1 Å². The maximum atomic E-state index is 12.6. The van der Waals surface area contributed by atoms with Gasteiger partial charge in [0.15, 0.2) is 6.61 Å². The maximum absolute atomic E-state index is 12.6. The van der Waals surface area contributed by atoms with Gasteiger partial charge in [-0.3, -0.25) is 9.59 Å².